The zero-order valence-electron chi connectivity index (χ0n) is 13.0. The molecule has 0 unspecified atom stereocenters. The van der Waals surface area contributed by atoms with E-state index in [4.69, 9.17) is 4.74 Å². The van der Waals surface area contributed by atoms with Crippen LogP contribution in [0.2, 0.25) is 0 Å². The molecule has 0 saturated carbocycles. The molecule has 1 heterocycles. The standard InChI is InChI=1S/C17H19N3O2/c1-4-22-16-9-7-14(8-10-16)17(21)20-19-13(3)15-6-5-12(2)18-11-15/h5-11H,4H2,1-3H3,(H,20,21). The van der Waals surface area contributed by atoms with Gasteiger partial charge in [0.1, 0.15) is 5.75 Å². The third-order valence-electron chi connectivity index (χ3n) is 3.08. The van der Waals surface area contributed by atoms with E-state index in [-0.39, 0.29) is 5.91 Å². The summed E-state index contributed by atoms with van der Waals surface area (Å²) >= 11 is 0. The van der Waals surface area contributed by atoms with Crippen LogP contribution in [0.3, 0.4) is 0 Å². The minimum absolute atomic E-state index is 0.262. The highest BCUT2D eigenvalue weighted by Crippen LogP contribution is 2.12. The van der Waals surface area contributed by atoms with Gasteiger partial charge in [-0.3, -0.25) is 9.78 Å². The molecule has 2 rings (SSSR count). The summed E-state index contributed by atoms with van der Waals surface area (Å²) in [5, 5.41) is 4.10. The van der Waals surface area contributed by atoms with Crippen molar-refractivity contribution < 1.29 is 9.53 Å². The predicted molar refractivity (Wildman–Crippen MR) is 86.3 cm³/mol. The SMILES string of the molecule is CCOc1ccc(C(=O)NN=C(C)c2ccc(C)nc2)cc1. The van der Waals surface area contributed by atoms with E-state index in [1.165, 1.54) is 0 Å². The molecule has 5 heteroatoms. The van der Waals surface area contributed by atoms with Crippen LogP contribution in [-0.2, 0) is 0 Å². The van der Waals surface area contributed by atoms with Crippen molar-refractivity contribution in [2.45, 2.75) is 20.8 Å². The molecule has 0 radical (unpaired) electrons. The predicted octanol–water partition coefficient (Wildman–Crippen LogP) is 2.94. The van der Waals surface area contributed by atoms with Gasteiger partial charge in [0, 0.05) is 23.0 Å². The number of hydrogen-bond donors (Lipinski definition) is 1. The first-order valence-corrected chi connectivity index (χ1v) is 7.10. The van der Waals surface area contributed by atoms with Crippen molar-refractivity contribution in [2.75, 3.05) is 6.61 Å². The van der Waals surface area contributed by atoms with E-state index < -0.39 is 0 Å². The second-order valence-corrected chi connectivity index (χ2v) is 4.78. The number of carbonyl (C=O) groups excluding carboxylic acids is 1. The van der Waals surface area contributed by atoms with Gasteiger partial charge < -0.3 is 4.74 Å². The van der Waals surface area contributed by atoms with Crippen molar-refractivity contribution in [3.8, 4) is 5.75 Å². The fraction of sp³-hybridized carbons (Fsp3) is 0.235. The second-order valence-electron chi connectivity index (χ2n) is 4.78. The summed E-state index contributed by atoms with van der Waals surface area (Å²) in [6.07, 6.45) is 1.73. The van der Waals surface area contributed by atoms with Crippen LogP contribution < -0.4 is 10.2 Å². The van der Waals surface area contributed by atoms with Crippen LogP contribution in [0.15, 0.2) is 47.7 Å². The number of amides is 1. The molecule has 0 saturated heterocycles. The van der Waals surface area contributed by atoms with Gasteiger partial charge in [0.2, 0.25) is 0 Å². The van der Waals surface area contributed by atoms with Gasteiger partial charge in [0.05, 0.1) is 12.3 Å². The number of nitrogens with one attached hydrogen (secondary N) is 1. The van der Waals surface area contributed by atoms with E-state index >= 15 is 0 Å². The zero-order chi connectivity index (χ0) is 15.9. The van der Waals surface area contributed by atoms with Crippen LogP contribution in [0.4, 0.5) is 0 Å². The number of ether oxygens (including phenoxy) is 1. The molecule has 1 amide bonds. The number of hydrazone groups is 1. The van der Waals surface area contributed by atoms with E-state index in [0.717, 1.165) is 17.0 Å². The maximum Gasteiger partial charge on any atom is 0.271 e. The highest BCUT2D eigenvalue weighted by molar-refractivity contribution is 6.00. The monoisotopic (exact) mass is 297 g/mol. The van der Waals surface area contributed by atoms with E-state index in [1.54, 1.807) is 30.5 Å². The molecule has 1 aromatic heterocycles. The third-order valence-corrected chi connectivity index (χ3v) is 3.08. The van der Waals surface area contributed by atoms with Gasteiger partial charge in [-0.1, -0.05) is 0 Å². The molecule has 0 fully saturated rings. The average molecular weight is 297 g/mol. The van der Waals surface area contributed by atoms with Crippen LogP contribution in [0.5, 0.6) is 5.75 Å². The molecule has 0 atom stereocenters. The Morgan fingerprint density at radius 1 is 1.18 bits per heavy atom. The lowest BCUT2D eigenvalue weighted by Gasteiger charge is -2.05. The minimum atomic E-state index is -0.262. The van der Waals surface area contributed by atoms with E-state index in [9.17, 15) is 4.79 Å². The van der Waals surface area contributed by atoms with Crippen molar-refractivity contribution in [2.24, 2.45) is 5.10 Å². The molecule has 0 aliphatic rings. The Morgan fingerprint density at radius 2 is 1.86 bits per heavy atom. The van der Waals surface area contributed by atoms with Crippen molar-refractivity contribution in [3.05, 3.63) is 59.4 Å². The van der Waals surface area contributed by atoms with Crippen LogP contribution >= 0.6 is 0 Å². The van der Waals surface area contributed by atoms with Gasteiger partial charge >= 0.3 is 0 Å². The van der Waals surface area contributed by atoms with Crippen molar-refractivity contribution in [1.82, 2.24) is 10.4 Å². The largest absolute Gasteiger partial charge is 0.494 e. The van der Waals surface area contributed by atoms with Gasteiger partial charge in [-0.25, -0.2) is 5.43 Å². The molecule has 0 aliphatic carbocycles. The summed E-state index contributed by atoms with van der Waals surface area (Å²) in [4.78, 5) is 16.2. The maximum atomic E-state index is 12.0. The number of aromatic nitrogens is 1. The molecule has 1 aromatic carbocycles. The molecule has 5 nitrogen and oxygen atoms in total. The fourth-order valence-corrected chi connectivity index (χ4v) is 1.81. The van der Waals surface area contributed by atoms with E-state index in [0.29, 0.717) is 17.9 Å². The normalized spacial score (nSPS) is 11.1. The average Bonchev–Trinajstić information content (AvgIpc) is 2.54. The van der Waals surface area contributed by atoms with Gasteiger partial charge in [-0.2, -0.15) is 5.10 Å². The van der Waals surface area contributed by atoms with E-state index in [1.807, 2.05) is 32.9 Å². The Bertz CT molecular complexity index is 661. The fourth-order valence-electron chi connectivity index (χ4n) is 1.81. The summed E-state index contributed by atoms with van der Waals surface area (Å²) in [5.41, 5.74) is 5.59. The summed E-state index contributed by atoms with van der Waals surface area (Å²) in [6.45, 7) is 6.26. The van der Waals surface area contributed by atoms with Crippen LogP contribution in [-0.4, -0.2) is 23.2 Å². The third kappa shape index (κ3) is 4.15. The van der Waals surface area contributed by atoms with Gasteiger partial charge in [-0.15, -0.1) is 0 Å². The summed E-state index contributed by atoms with van der Waals surface area (Å²) in [7, 11) is 0. The Labute approximate surface area is 130 Å². The minimum Gasteiger partial charge on any atom is -0.494 e. The number of rotatable bonds is 5. The Hall–Kier alpha value is -2.69. The lowest BCUT2D eigenvalue weighted by molar-refractivity contribution is 0.0955. The Balaban J connectivity index is 2.01. The molecule has 0 spiro atoms. The van der Waals surface area contributed by atoms with Crippen LogP contribution in [0.25, 0.3) is 0 Å². The zero-order valence-corrected chi connectivity index (χ0v) is 13.0. The first-order valence-electron chi connectivity index (χ1n) is 7.10. The number of nitrogens with zero attached hydrogens (tertiary/aromatic N) is 2. The van der Waals surface area contributed by atoms with Crippen molar-refractivity contribution in [1.29, 1.82) is 0 Å². The highest BCUT2D eigenvalue weighted by Gasteiger charge is 2.05. The van der Waals surface area contributed by atoms with Crippen LogP contribution in [0, 0.1) is 6.92 Å². The van der Waals surface area contributed by atoms with Crippen molar-refractivity contribution in [3.63, 3.8) is 0 Å². The Morgan fingerprint density at radius 3 is 2.45 bits per heavy atom. The van der Waals surface area contributed by atoms with E-state index in [2.05, 4.69) is 15.5 Å². The van der Waals surface area contributed by atoms with Gasteiger partial charge in [0.15, 0.2) is 0 Å². The van der Waals surface area contributed by atoms with Crippen LogP contribution in [0.1, 0.15) is 35.5 Å². The number of benzene rings is 1. The molecule has 0 aliphatic heterocycles. The topological polar surface area (TPSA) is 63.6 Å². The number of pyridine rings is 1. The number of carbonyl (C=O) groups is 1. The molecule has 22 heavy (non-hydrogen) atoms. The molecular formula is C17H19N3O2. The molecule has 2 aromatic rings. The summed E-state index contributed by atoms with van der Waals surface area (Å²) in [5.74, 6) is 0.479. The highest BCUT2D eigenvalue weighted by atomic mass is 16.5. The second kappa shape index (κ2) is 7.36. The first kappa shape index (κ1) is 15.7. The smallest absolute Gasteiger partial charge is 0.271 e. The Kier molecular flexibility index (Phi) is 5.25. The first-order chi connectivity index (χ1) is 10.6. The quantitative estimate of drug-likeness (QED) is 0.681. The summed E-state index contributed by atoms with van der Waals surface area (Å²) in [6, 6.07) is 10.8. The number of hydrogen-bond acceptors (Lipinski definition) is 4. The molecule has 114 valence electrons. The van der Waals surface area contributed by atoms with Crippen molar-refractivity contribution >= 4 is 11.6 Å². The summed E-state index contributed by atoms with van der Waals surface area (Å²) < 4.78 is 5.34. The maximum absolute atomic E-state index is 12.0. The molecular weight excluding hydrogens is 278 g/mol. The lowest BCUT2D eigenvalue weighted by atomic mass is 10.2. The molecule has 0 bridgehead atoms. The molecule has 1 N–H and O–H groups in total. The number of aryl methyl sites for hydroxylation is 1. The van der Waals surface area contributed by atoms with Gasteiger partial charge in [0.25, 0.3) is 5.91 Å². The van der Waals surface area contributed by atoms with Gasteiger partial charge in [-0.05, 0) is 57.2 Å². The lowest BCUT2D eigenvalue weighted by Crippen LogP contribution is -2.19.